The van der Waals surface area contributed by atoms with E-state index in [0.717, 1.165) is 21.8 Å². The summed E-state index contributed by atoms with van der Waals surface area (Å²) in [6.07, 6.45) is 4.42. The highest BCUT2D eigenvalue weighted by molar-refractivity contribution is 9.11. The number of rotatable bonds is 4. The van der Waals surface area contributed by atoms with Gasteiger partial charge in [-0.2, -0.15) is 0 Å². The van der Waals surface area contributed by atoms with E-state index in [1.54, 1.807) is 0 Å². The minimum absolute atomic E-state index is 0.00273. The van der Waals surface area contributed by atoms with Crippen molar-refractivity contribution in [3.63, 3.8) is 0 Å². The van der Waals surface area contributed by atoms with Gasteiger partial charge in [-0.1, -0.05) is 44.7 Å². The van der Waals surface area contributed by atoms with Crippen LogP contribution in [0, 0.1) is 0 Å². The number of carbonyl (C=O) groups excluding carboxylic acids is 1. The minimum atomic E-state index is 0.00273. The van der Waals surface area contributed by atoms with Gasteiger partial charge in [0.25, 0.3) is 5.91 Å². The molecule has 2 rings (SSSR count). The third-order valence-electron chi connectivity index (χ3n) is 3.48. The summed E-state index contributed by atoms with van der Waals surface area (Å²) in [7, 11) is 0. The summed E-state index contributed by atoms with van der Waals surface area (Å²) in [6.45, 7) is 0.422. The Hall–Kier alpha value is -0.390. The first kappa shape index (κ1) is 15.0. The molecule has 0 unspecified atom stereocenters. The third kappa shape index (κ3) is 3.80. The zero-order valence-electron chi connectivity index (χ0n) is 10.6. The van der Waals surface area contributed by atoms with Crippen LogP contribution in [-0.4, -0.2) is 35.1 Å². The molecule has 3 nitrogen and oxygen atoms in total. The Morgan fingerprint density at radius 1 is 1.21 bits per heavy atom. The number of amides is 1. The monoisotopic (exact) mass is 389 g/mol. The topological polar surface area (TPSA) is 40.5 Å². The standard InChI is InChI=1S/C14H17Br2NO2/c15-11-7-10(8-12(16)9-11)14(19)17(5-6-18)13-3-1-2-4-13/h7-9,13,18H,1-6H2. The van der Waals surface area contributed by atoms with Crippen molar-refractivity contribution in [2.75, 3.05) is 13.2 Å². The molecular formula is C14H17Br2NO2. The quantitative estimate of drug-likeness (QED) is 0.853. The molecule has 1 aromatic carbocycles. The maximum absolute atomic E-state index is 12.6. The molecule has 0 spiro atoms. The van der Waals surface area contributed by atoms with Gasteiger partial charge in [0.05, 0.1) is 6.61 Å². The largest absolute Gasteiger partial charge is 0.395 e. The summed E-state index contributed by atoms with van der Waals surface area (Å²) in [5.74, 6) is 0.00273. The minimum Gasteiger partial charge on any atom is -0.395 e. The number of benzene rings is 1. The van der Waals surface area contributed by atoms with E-state index in [9.17, 15) is 9.90 Å². The van der Waals surface area contributed by atoms with Gasteiger partial charge in [-0.05, 0) is 31.0 Å². The van der Waals surface area contributed by atoms with E-state index in [-0.39, 0.29) is 18.6 Å². The second kappa shape index (κ2) is 6.86. The molecule has 104 valence electrons. The molecule has 1 aliphatic rings. The molecule has 0 bridgehead atoms. The number of halogens is 2. The predicted molar refractivity (Wildman–Crippen MR) is 82.2 cm³/mol. The van der Waals surface area contributed by atoms with Gasteiger partial charge in [-0.25, -0.2) is 0 Å². The highest BCUT2D eigenvalue weighted by Gasteiger charge is 2.27. The van der Waals surface area contributed by atoms with Gasteiger partial charge in [0, 0.05) is 27.1 Å². The molecule has 5 heteroatoms. The average molecular weight is 391 g/mol. The van der Waals surface area contributed by atoms with Crippen molar-refractivity contribution in [2.45, 2.75) is 31.7 Å². The summed E-state index contributed by atoms with van der Waals surface area (Å²) in [5.41, 5.74) is 0.654. The van der Waals surface area contributed by atoms with E-state index in [1.165, 1.54) is 12.8 Å². The lowest BCUT2D eigenvalue weighted by Crippen LogP contribution is -2.40. The maximum Gasteiger partial charge on any atom is 0.254 e. The lowest BCUT2D eigenvalue weighted by atomic mass is 10.1. The van der Waals surface area contributed by atoms with Crippen molar-refractivity contribution in [3.8, 4) is 0 Å². The predicted octanol–water partition coefficient (Wildman–Crippen LogP) is 3.59. The highest BCUT2D eigenvalue weighted by atomic mass is 79.9. The molecule has 0 aromatic heterocycles. The Labute approximate surface area is 130 Å². The Balaban J connectivity index is 2.22. The van der Waals surface area contributed by atoms with Crippen LogP contribution in [0.4, 0.5) is 0 Å². The van der Waals surface area contributed by atoms with Crippen molar-refractivity contribution in [1.29, 1.82) is 0 Å². The fourth-order valence-corrected chi connectivity index (χ4v) is 3.91. The second-order valence-electron chi connectivity index (χ2n) is 4.82. The number of carbonyl (C=O) groups is 1. The molecule has 1 amide bonds. The van der Waals surface area contributed by atoms with Crippen LogP contribution in [-0.2, 0) is 0 Å². The van der Waals surface area contributed by atoms with Crippen molar-refractivity contribution < 1.29 is 9.90 Å². The SMILES string of the molecule is O=C(c1cc(Br)cc(Br)c1)N(CCO)C1CCCC1. The van der Waals surface area contributed by atoms with Gasteiger partial charge >= 0.3 is 0 Å². The number of hydrogen-bond acceptors (Lipinski definition) is 2. The molecule has 1 aliphatic carbocycles. The van der Waals surface area contributed by atoms with Crippen LogP contribution < -0.4 is 0 Å². The fraction of sp³-hybridized carbons (Fsp3) is 0.500. The first-order chi connectivity index (χ1) is 9.11. The second-order valence-corrected chi connectivity index (χ2v) is 6.65. The van der Waals surface area contributed by atoms with Crippen molar-refractivity contribution in [1.82, 2.24) is 4.90 Å². The molecule has 0 atom stereocenters. The Morgan fingerprint density at radius 3 is 2.32 bits per heavy atom. The molecule has 0 radical (unpaired) electrons. The maximum atomic E-state index is 12.6. The molecule has 0 heterocycles. The molecule has 1 saturated carbocycles. The van der Waals surface area contributed by atoms with Crippen LogP contribution in [0.15, 0.2) is 27.1 Å². The van der Waals surface area contributed by atoms with Gasteiger partial charge in [0.1, 0.15) is 0 Å². The van der Waals surface area contributed by atoms with Crippen LogP contribution in [0.5, 0.6) is 0 Å². The fourth-order valence-electron chi connectivity index (χ4n) is 2.62. The van der Waals surface area contributed by atoms with Gasteiger partial charge in [-0.3, -0.25) is 4.79 Å². The van der Waals surface area contributed by atoms with E-state index in [4.69, 9.17) is 0 Å². The zero-order chi connectivity index (χ0) is 13.8. The van der Waals surface area contributed by atoms with Crippen LogP contribution >= 0.6 is 31.9 Å². The molecular weight excluding hydrogens is 374 g/mol. The molecule has 1 N–H and O–H groups in total. The van der Waals surface area contributed by atoms with Crippen LogP contribution in [0.1, 0.15) is 36.0 Å². The first-order valence-electron chi connectivity index (χ1n) is 6.49. The van der Waals surface area contributed by atoms with Crippen molar-refractivity contribution >= 4 is 37.8 Å². The Morgan fingerprint density at radius 2 is 1.79 bits per heavy atom. The summed E-state index contributed by atoms with van der Waals surface area (Å²) < 4.78 is 1.75. The van der Waals surface area contributed by atoms with E-state index >= 15 is 0 Å². The number of nitrogens with zero attached hydrogens (tertiary/aromatic N) is 1. The average Bonchev–Trinajstić information content (AvgIpc) is 2.87. The van der Waals surface area contributed by atoms with E-state index in [2.05, 4.69) is 31.9 Å². The Kier molecular flexibility index (Phi) is 5.42. The van der Waals surface area contributed by atoms with Crippen LogP contribution in [0.3, 0.4) is 0 Å². The van der Waals surface area contributed by atoms with Crippen LogP contribution in [0.2, 0.25) is 0 Å². The normalized spacial score (nSPS) is 15.7. The molecule has 0 saturated heterocycles. The summed E-state index contributed by atoms with van der Waals surface area (Å²) >= 11 is 6.81. The molecule has 19 heavy (non-hydrogen) atoms. The first-order valence-corrected chi connectivity index (χ1v) is 8.08. The zero-order valence-corrected chi connectivity index (χ0v) is 13.8. The van der Waals surface area contributed by atoms with Crippen molar-refractivity contribution in [2.24, 2.45) is 0 Å². The third-order valence-corrected chi connectivity index (χ3v) is 4.39. The number of hydrogen-bond donors (Lipinski definition) is 1. The van der Waals surface area contributed by atoms with E-state index < -0.39 is 0 Å². The molecule has 1 aromatic rings. The highest BCUT2D eigenvalue weighted by Crippen LogP contribution is 2.26. The lowest BCUT2D eigenvalue weighted by Gasteiger charge is -2.28. The number of aliphatic hydroxyl groups is 1. The summed E-state index contributed by atoms with van der Waals surface area (Å²) in [5, 5.41) is 9.19. The lowest BCUT2D eigenvalue weighted by molar-refractivity contribution is 0.0638. The molecule has 0 aliphatic heterocycles. The van der Waals surface area contributed by atoms with Gasteiger partial charge in [-0.15, -0.1) is 0 Å². The van der Waals surface area contributed by atoms with Crippen LogP contribution in [0.25, 0.3) is 0 Å². The smallest absolute Gasteiger partial charge is 0.254 e. The summed E-state index contributed by atoms with van der Waals surface area (Å²) in [6, 6.07) is 5.83. The van der Waals surface area contributed by atoms with Crippen molar-refractivity contribution in [3.05, 3.63) is 32.7 Å². The summed E-state index contributed by atoms with van der Waals surface area (Å²) in [4.78, 5) is 14.4. The van der Waals surface area contributed by atoms with E-state index in [0.29, 0.717) is 12.1 Å². The number of aliphatic hydroxyl groups excluding tert-OH is 1. The van der Waals surface area contributed by atoms with Gasteiger partial charge in [0.2, 0.25) is 0 Å². The van der Waals surface area contributed by atoms with Gasteiger partial charge < -0.3 is 10.0 Å². The molecule has 1 fully saturated rings. The van der Waals surface area contributed by atoms with E-state index in [1.807, 2.05) is 23.1 Å². The Bertz CT molecular complexity index is 439. The van der Waals surface area contributed by atoms with Gasteiger partial charge in [0.15, 0.2) is 0 Å².